The highest BCUT2D eigenvalue weighted by molar-refractivity contribution is 5.48. The lowest BCUT2D eigenvalue weighted by Gasteiger charge is -2.37. The molecule has 0 radical (unpaired) electrons. The number of hydrogen-bond acceptors (Lipinski definition) is 4. The number of aromatic nitrogens is 1. The molecule has 1 amide bonds. The van der Waals surface area contributed by atoms with Gasteiger partial charge in [-0.15, -0.1) is 0 Å². The molecule has 1 aromatic heterocycles. The fourth-order valence-corrected chi connectivity index (χ4v) is 2.86. The van der Waals surface area contributed by atoms with E-state index in [1.54, 1.807) is 13.3 Å². The zero-order valence-electron chi connectivity index (χ0n) is 12.8. The molecule has 1 fully saturated rings. The summed E-state index contributed by atoms with van der Waals surface area (Å²) in [6.45, 7) is 3.43. The summed E-state index contributed by atoms with van der Waals surface area (Å²) < 4.78 is 11.3. The number of carbonyl (C=O) groups excluding carboxylic acids is 1. The Morgan fingerprint density at radius 3 is 3.10 bits per heavy atom. The molecule has 1 aliphatic heterocycles. The van der Waals surface area contributed by atoms with Crippen molar-refractivity contribution in [3.8, 4) is 5.88 Å². The molecule has 0 N–H and O–H groups in total. The largest absolute Gasteiger partial charge is 0.481 e. The number of piperidine rings is 1. The lowest BCUT2D eigenvalue weighted by molar-refractivity contribution is -0.124. The number of amides is 1. The fraction of sp³-hybridized carbons (Fsp3) is 0.625. The van der Waals surface area contributed by atoms with Gasteiger partial charge in [0, 0.05) is 24.3 Å². The van der Waals surface area contributed by atoms with Gasteiger partial charge in [0.25, 0.3) is 0 Å². The van der Waals surface area contributed by atoms with Gasteiger partial charge in [0.1, 0.15) is 0 Å². The fourth-order valence-electron chi connectivity index (χ4n) is 2.86. The lowest BCUT2D eigenvalue weighted by atomic mass is 9.96. The van der Waals surface area contributed by atoms with Gasteiger partial charge in [0.05, 0.1) is 19.8 Å². The summed E-state index contributed by atoms with van der Waals surface area (Å²) in [4.78, 5) is 17.2. The molecule has 5 heteroatoms. The topological polar surface area (TPSA) is 51.7 Å². The third kappa shape index (κ3) is 4.17. The van der Waals surface area contributed by atoms with Crippen LogP contribution < -0.4 is 4.74 Å². The molecule has 0 saturated carbocycles. The maximum absolute atomic E-state index is 11.1. The van der Waals surface area contributed by atoms with Crippen molar-refractivity contribution in [1.29, 1.82) is 0 Å². The number of nitrogens with zero attached hydrogens (tertiary/aromatic N) is 2. The van der Waals surface area contributed by atoms with Gasteiger partial charge in [0.2, 0.25) is 12.3 Å². The molecule has 116 valence electrons. The minimum absolute atomic E-state index is 0.197. The molecule has 0 unspecified atom stereocenters. The van der Waals surface area contributed by atoms with Gasteiger partial charge in [-0.3, -0.25) is 4.79 Å². The minimum Gasteiger partial charge on any atom is -0.481 e. The Hall–Kier alpha value is -1.62. The zero-order chi connectivity index (χ0) is 15.1. The van der Waals surface area contributed by atoms with E-state index in [9.17, 15) is 4.79 Å². The van der Waals surface area contributed by atoms with Crippen molar-refractivity contribution in [1.82, 2.24) is 9.88 Å². The summed E-state index contributed by atoms with van der Waals surface area (Å²) in [5.41, 5.74) is 0.963. The van der Waals surface area contributed by atoms with E-state index >= 15 is 0 Å². The van der Waals surface area contributed by atoms with Crippen LogP contribution in [0.25, 0.3) is 0 Å². The van der Waals surface area contributed by atoms with Crippen LogP contribution >= 0.6 is 0 Å². The zero-order valence-corrected chi connectivity index (χ0v) is 12.8. The first-order chi connectivity index (χ1) is 10.3. The van der Waals surface area contributed by atoms with Gasteiger partial charge in [-0.25, -0.2) is 4.98 Å². The Labute approximate surface area is 126 Å². The van der Waals surface area contributed by atoms with E-state index in [2.05, 4.69) is 11.9 Å². The van der Waals surface area contributed by atoms with Gasteiger partial charge in [-0.05, 0) is 31.4 Å². The van der Waals surface area contributed by atoms with Crippen LogP contribution in [-0.2, 0) is 16.1 Å². The maximum atomic E-state index is 11.1. The van der Waals surface area contributed by atoms with Crippen LogP contribution in [0.5, 0.6) is 5.88 Å². The highest BCUT2D eigenvalue weighted by Crippen LogP contribution is 2.24. The number of likely N-dealkylation sites (tertiary alicyclic amines) is 1. The van der Waals surface area contributed by atoms with Crippen molar-refractivity contribution in [2.75, 3.05) is 13.7 Å². The number of carbonyl (C=O) groups is 1. The van der Waals surface area contributed by atoms with E-state index in [1.165, 1.54) is 0 Å². The first-order valence-electron chi connectivity index (χ1n) is 7.59. The summed E-state index contributed by atoms with van der Waals surface area (Å²) in [6.07, 6.45) is 6.80. The van der Waals surface area contributed by atoms with E-state index in [4.69, 9.17) is 9.47 Å². The summed E-state index contributed by atoms with van der Waals surface area (Å²) in [7, 11) is 1.62. The van der Waals surface area contributed by atoms with Crippen LogP contribution in [-0.4, -0.2) is 42.1 Å². The molecule has 1 aliphatic rings. The summed E-state index contributed by atoms with van der Waals surface area (Å²) in [5.74, 6) is 0.618. The normalized spacial score (nSPS) is 22.1. The number of rotatable bonds is 7. The summed E-state index contributed by atoms with van der Waals surface area (Å²) in [5, 5.41) is 0. The van der Waals surface area contributed by atoms with Crippen molar-refractivity contribution in [2.45, 2.75) is 51.4 Å². The molecule has 0 spiro atoms. The lowest BCUT2D eigenvalue weighted by Crippen LogP contribution is -2.44. The molecule has 5 nitrogen and oxygen atoms in total. The second-order valence-corrected chi connectivity index (χ2v) is 5.41. The highest BCUT2D eigenvalue weighted by Gasteiger charge is 2.27. The third-order valence-electron chi connectivity index (χ3n) is 3.99. The number of pyridine rings is 1. The first-order valence-corrected chi connectivity index (χ1v) is 7.59. The van der Waals surface area contributed by atoms with Crippen molar-refractivity contribution in [2.24, 2.45) is 0 Å². The molecular weight excluding hydrogens is 268 g/mol. The molecule has 1 aromatic rings. The van der Waals surface area contributed by atoms with Crippen molar-refractivity contribution >= 4 is 6.41 Å². The predicted octanol–water partition coefficient (Wildman–Crippen LogP) is 2.40. The average Bonchev–Trinajstić information content (AvgIpc) is 2.53. The Kier molecular flexibility index (Phi) is 5.99. The Morgan fingerprint density at radius 2 is 2.38 bits per heavy atom. The molecule has 0 aromatic carbocycles. The standard InChI is InChI=1S/C16H24N2O3/c1-3-5-14-10-15(7-9-18(14)12-19)21-11-13-6-4-8-17-16(13)20-2/h4,6,8,12,14-15H,3,5,7,9-11H2,1-2H3/t14-,15-/m0/s1. The second kappa shape index (κ2) is 7.98. The van der Waals surface area contributed by atoms with Crippen molar-refractivity contribution < 1.29 is 14.3 Å². The molecule has 0 bridgehead atoms. The van der Waals surface area contributed by atoms with Crippen molar-refractivity contribution in [3.05, 3.63) is 23.9 Å². The summed E-state index contributed by atoms with van der Waals surface area (Å²) in [6, 6.07) is 4.16. The van der Waals surface area contributed by atoms with E-state index in [1.807, 2.05) is 17.0 Å². The first kappa shape index (κ1) is 15.8. The van der Waals surface area contributed by atoms with E-state index in [0.29, 0.717) is 18.5 Å². The number of methoxy groups -OCH3 is 1. The van der Waals surface area contributed by atoms with E-state index in [-0.39, 0.29) is 6.10 Å². The third-order valence-corrected chi connectivity index (χ3v) is 3.99. The van der Waals surface area contributed by atoms with Crippen LogP contribution in [0.3, 0.4) is 0 Å². The maximum Gasteiger partial charge on any atom is 0.218 e. The summed E-state index contributed by atoms with van der Waals surface area (Å²) >= 11 is 0. The van der Waals surface area contributed by atoms with Gasteiger partial charge < -0.3 is 14.4 Å². The average molecular weight is 292 g/mol. The van der Waals surface area contributed by atoms with E-state index < -0.39 is 0 Å². The molecule has 2 rings (SSSR count). The van der Waals surface area contributed by atoms with Gasteiger partial charge in [-0.2, -0.15) is 0 Å². The second-order valence-electron chi connectivity index (χ2n) is 5.41. The van der Waals surface area contributed by atoms with Crippen LogP contribution in [0.15, 0.2) is 18.3 Å². The van der Waals surface area contributed by atoms with Gasteiger partial charge >= 0.3 is 0 Å². The van der Waals surface area contributed by atoms with Gasteiger partial charge in [-0.1, -0.05) is 13.3 Å². The number of ether oxygens (including phenoxy) is 2. The Bertz CT molecular complexity index is 453. The SMILES string of the molecule is CCC[C@H]1C[C@@H](OCc2cccnc2OC)CCN1C=O. The smallest absolute Gasteiger partial charge is 0.218 e. The molecule has 2 atom stereocenters. The quantitative estimate of drug-likeness (QED) is 0.724. The Balaban J connectivity index is 1.90. The Morgan fingerprint density at radius 1 is 1.52 bits per heavy atom. The van der Waals surface area contributed by atoms with Gasteiger partial charge in [0.15, 0.2) is 0 Å². The molecular formula is C16H24N2O3. The van der Waals surface area contributed by atoms with Crippen LogP contribution in [0.1, 0.15) is 38.2 Å². The monoisotopic (exact) mass is 292 g/mol. The predicted molar refractivity (Wildman–Crippen MR) is 80.1 cm³/mol. The van der Waals surface area contributed by atoms with E-state index in [0.717, 1.165) is 44.2 Å². The van der Waals surface area contributed by atoms with Crippen molar-refractivity contribution in [3.63, 3.8) is 0 Å². The van der Waals surface area contributed by atoms with Crippen LogP contribution in [0, 0.1) is 0 Å². The molecule has 21 heavy (non-hydrogen) atoms. The minimum atomic E-state index is 0.197. The highest BCUT2D eigenvalue weighted by atomic mass is 16.5. The molecule has 1 saturated heterocycles. The van der Waals surface area contributed by atoms with Crippen LogP contribution in [0.4, 0.5) is 0 Å². The van der Waals surface area contributed by atoms with Crippen LogP contribution in [0.2, 0.25) is 0 Å². The molecule has 0 aliphatic carbocycles. The molecule has 2 heterocycles. The number of hydrogen-bond donors (Lipinski definition) is 0.